The van der Waals surface area contributed by atoms with Gasteiger partial charge < -0.3 is 20.2 Å². The number of likely N-dealkylation sites (N-methyl/N-ethyl adjacent to an activating group) is 1. The van der Waals surface area contributed by atoms with Crippen LogP contribution in [0, 0.1) is 5.92 Å². The molecule has 6 heteroatoms. The third kappa shape index (κ3) is 4.09. The molecule has 2 amide bonds. The Morgan fingerprint density at radius 2 is 2.05 bits per heavy atom. The van der Waals surface area contributed by atoms with Crippen LogP contribution < -0.4 is 5.32 Å². The topological polar surface area (TPSA) is 72.9 Å². The number of carbonyl (C=O) groups excluding carboxylic acids is 1. The number of hydrogen-bond acceptors (Lipinski definition) is 3. The summed E-state index contributed by atoms with van der Waals surface area (Å²) in [5.41, 5.74) is 0. The van der Waals surface area contributed by atoms with E-state index in [0.29, 0.717) is 18.9 Å². The molecule has 0 bridgehead atoms. The molecular weight excluding hydrogens is 246 g/mol. The standard InChI is InChI=1S/C13H23N3O3/c1-15-6-5-11(9-15)14-13(19)16-7-4-10(8-16)2-3-12(17)18/h10-11H,2-9H2,1H3,(H,14,19)(H,17,18). The highest BCUT2D eigenvalue weighted by Gasteiger charge is 2.29. The number of urea groups is 1. The van der Waals surface area contributed by atoms with E-state index in [4.69, 9.17) is 5.11 Å². The van der Waals surface area contributed by atoms with Crippen LogP contribution in [0.15, 0.2) is 0 Å². The van der Waals surface area contributed by atoms with Crippen LogP contribution in [0.3, 0.4) is 0 Å². The summed E-state index contributed by atoms with van der Waals surface area (Å²) < 4.78 is 0. The lowest BCUT2D eigenvalue weighted by Crippen LogP contribution is -2.44. The average molecular weight is 269 g/mol. The zero-order valence-corrected chi connectivity index (χ0v) is 11.5. The van der Waals surface area contributed by atoms with E-state index in [9.17, 15) is 9.59 Å². The molecule has 6 nitrogen and oxygen atoms in total. The Morgan fingerprint density at radius 3 is 2.68 bits per heavy atom. The molecule has 2 rings (SSSR count). The zero-order chi connectivity index (χ0) is 13.8. The molecule has 0 aromatic heterocycles. The fourth-order valence-electron chi connectivity index (χ4n) is 2.90. The summed E-state index contributed by atoms with van der Waals surface area (Å²) in [5.74, 6) is -0.412. The second kappa shape index (κ2) is 6.23. The van der Waals surface area contributed by atoms with E-state index < -0.39 is 5.97 Å². The van der Waals surface area contributed by atoms with Gasteiger partial charge in [-0.1, -0.05) is 0 Å². The molecule has 0 radical (unpaired) electrons. The lowest BCUT2D eigenvalue weighted by molar-refractivity contribution is -0.137. The van der Waals surface area contributed by atoms with Gasteiger partial charge in [-0.05, 0) is 38.8 Å². The Labute approximate surface area is 113 Å². The molecule has 2 aliphatic heterocycles. The summed E-state index contributed by atoms with van der Waals surface area (Å²) >= 11 is 0. The highest BCUT2D eigenvalue weighted by atomic mass is 16.4. The fourth-order valence-corrected chi connectivity index (χ4v) is 2.90. The van der Waals surface area contributed by atoms with Crippen molar-refractivity contribution in [1.29, 1.82) is 0 Å². The molecule has 0 spiro atoms. The van der Waals surface area contributed by atoms with E-state index in [1.807, 2.05) is 4.90 Å². The van der Waals surface area contributed by atoms with E-state index in [0.717, 1.165) is 32.5 Å². The predicted octanol–water partition coefficient (Wildman–Crippen LogP) is 0.587. The third-order valence-electron chi connectivity index (χ3n) is 4.06. The Bertz CT molecular complexity index is 348. The van der Waals surface area contributed by atoms with E-state index in [2.05, 4.69) is 17.3 Å². The van der Waals surface area contributed by atoms with Crippen molar-refractivity contribution in [3.63, 3.8) is 0 Å². The Hall–Kier alpha value is -1.30. The van der Waals surface area contributed by atoms with Crippen molar-refractivity contribution in [3.05, 3.63) is 0 Å². The Balaban J connectivity index is 1.71. The summed E-state index contributed by atoms with van der Waals surface area (Å²) in [7, 11) is 2.06. The molecule has 2 unspecified atom stereocenters. The van der Waals surface area contributed by atoms with Gasteiger partial charge in [-0.25, -0.2) is 4.79 Å². The first-order valence-electron chi connectivity index (χ1n) is 7.00. The van der Waals surface area contributed by atoms with Crippen molar-refractivity contribution in [2.24, 2.45) is 5.92 Å². The summed E-state index contributed by atoms with van der Waals surface area (Å²) in [5, 5.41) is 11.7. The number of carboxylic acids is 1. The van der Waals surface area contributed by atoms with Crippen LogP contribution in [0.2, 0.25) is 0 Å². The van der Waals surface area contributed by atoms with Gasteiger partial charge in [0.25, 0.3) is 0 Å². The summed E-state index contributed by atoms with van der Waals surface area (Å²) in [4.78, 5) is 26.6. The lowest BCUT2D eigenvalue weighted by Gasteiger charge is -2.20. The number of carbonyl (C=O) groups is 2. The van der Waals surface area contributed by atoms with Crippen LogP contribution in [0.25, 0.3) is 0 Å². The summed E-state index contributed by atoms with van der Waals surface area (Å²) in [6.07, 6.45) is 2.81. The van der Waals surface area contributed by atoms with Gasteiger partial charge in [-0.3, -0.25) is 4.79 Å². The molecule has 2 aliphatic rings. The molecule has 0 aromatic rings. The molecular formula is C13H23N3O3. The van der Waals surface area contributed by atoms with Gasteiger partial charge in [0.1, 0.15) is 0 Å². The number of nitrogens with zero attached hydrogens (tertiary/aromatic N) is 2. The van der Waals surface area contributed by atoms with E-state index in [-0.39, 0.29) is 18.5 Å². The molecule has 2 fully saturated rings. The number of nitrogens with one attached hydrogen (secondary N) is 1. The van der Waals surface area contributed by atoms with Gasteiger partial charge in [0.15, 0.2) is 0 Å². The summed E-state index contributed by atoms with van der Waals surface area (Å²) in [6, 6.07) is 0.272. The highest BCUT2D eigenvalue weighted by Crippen LogP contribution is 2.21. The van der Waals surface area contributed by atoms with Gasteiger partial charge in [0.05, 0.1) is 0 Å². The Kier molecular flexibility index (Phi) is 4.63. The maximum Gasteiger partial charge on any atom is 0.317 e. The van der Waals surface area contributed by atoms with E-state index in [1.54, 1.807) is 0 Å². The highest BCUT2D eigenvalue weighted by molar-refractivity contribution is 5.75. The smallest absolute Gasteiger partial charge is 0.317 e. The minimum Gasteiger partial charge on any atom is -0.481 e. The number of carboxylic acid groups (broad SMARTS) is 1. The monoisotopic (exact) mass is 269 g/mol. The minimum atomic E-state index is -0.753. The number of aliphatic carboxylic acids is 1. The molecule has 2 N–H and O–H groups in total. The van der Waals surface area contributed by atoms with Crippen LogP contribution in [0.1, 0.15) is 25.7 Å². The summed E-state index contributed by atoms with van der Waals surface area (Å²) in [6.45, 7) is 3.40. The van der Waals surface area contributed by atoms with E-state index in [1.165, 1.54) is 0 Å². The quantitative estimate of drug-likeness (QED) is 0.783. The van der Waals surface area contributed by atoms with Crippen molar-refractivity contribution in [2.45, 2.75) is 31.7 Å². The molecule has 2 atom stereocenters. The second-order valence-corrected chi connectivity index (χ2v) is 5.73. The van der Waals surface area contributed by atoms with Gasteiger partial charge in [-0.2, -0.15) is 0 Å². The van der Waals surface area contributed by atoms with Crippen LogP contribution in [0.5, 0.6) is 0 Å². The lowest BCUT2D eigenvalue weighted by atomic mass is 10.0. The number of hydrogen-bond donors (Lipinski definition) is 2. The third-order valence-corrected chi connectivity index (χ3v) is 4.06. The van der Waals surface area contributed by atoms with Gasteiger partial charge >= 0.3 is 12.0 Å². The number of likely N-dealkylation sites (tertiary alicyclic amines) is 2. The maximum atomic E-state index is 12.1. The SMILES string of the molecule is CN1CCC(NC(=O)N2CCC(CCC(=O)O)C2)C1. The van der Waals surface area contributed by atoms with Crippen LogP contribution in [-0.2, 0) is 4.79 Å². The predicted molar refractivity (Wildman–Crippen MR) is 71.0 cm³/mol. The van der Waals surface area contributed by atoms with Gasteiger partial charge in [0.2, 0.25) is 0 Å². The number of rotatable bonds is 4. The molecule has 19 heavy (non-hydrogen) atoms. The minimum absolute atomic E-state index is 0.0122. The van der Waals surface area contributed by atoms with E-state index >= 15 is 0 Å². The van der Waals surface area contributed by atoms with Gasteiger partial charge in [0, 0.05) is 32.1 Å². The Morgan fingerprint density at radius 1 is 1.26 bits per heavy atom. The fraction of sp³-hybridized carbons (Fsp3) is 0.846. The molecule has 2 saturated heterocycles. The largest absolute Gasteiger partial charge is 0.481 e. The van der Waals surface area contributed by atoms with Gasteiger partial charge in [-0.15, -0.1) is 0 Å². The zero-order valence-electron chi connectivity index (χ0n) is 11.5. The maximum absolute atomic E-state index is 12.1. The molecule has 2 heterocycles. The first-order chi connectivity index (χ1) is 9.04. The van der Waals surface area contributed by atoms with Crippen molar-refractivity contribution in [1.82, 2.24) is 15.1 Å². The van der Waals surface area contributed by atoms with Crippen LogP contribution >= 0.6 is 0 Å². The first-order valence-corrected chi connectivity index (χ1v) is 7.00. The van der Waals surface area contributed by atoms with Crippen molar-refractivity contribution in [2.75, 3.05) is 33.2 Å². The van der Waals surface area contributed by atoms with Crippen LogP contribution in [0.4, 0.5) is 4.79 Å². The molecule has 0 saturated carbocycles. The molecule has 0 aliphatic carbocycles. The second-order valence-electron chi connectivity index (χ2n) is 5.73. The van der Waals surface area contributed by atoms with Crippen LogP contribution in [-0.4, -0.2) is 66.2 Å². The average Bonchev–Trinajstić information content (AvgIpc) is 2.95. The number of amides is 2. The van der Waals surface area contributed by atoms with Crippen molar-refractivity contribution < 1.29 is 14.7 Å². The van der Waals surface area contributed by atoms with Crippen molar-refractivity contribution in [3.8, 4) is 0 Å². The van der Waals surface area contributed by atoms with Crippen molar-refractivity contribution >= 4 is 12.0 Å². The molecule has 108 valence electrons. The normalized spacial score (nSPS) is 27.7. The first kappa shape index (κ1) is 14.1. The molecule has 0 aromatic carbocycles.